The predicted molar refractivity (Wildman–Crippen MR) is 135 cm³/mol. The van der Waals surface area contributed by atoms with Crippen molar-refractivity contribution in [1.29, 1.82) is 0 Å². The van der Waals surface area contributed by atoms with Crippen molar-refractivity contribution in [3.8, 4) is 0 Å². The number of carbonyl (C=O) groups excluding carboxylic acids is 5. The maximum Gasteiger partial charge on any atom is 0.341 e. The molecule has 2 heterocycles. The molecule has 8 unspecified atom stereocenters. The number of fused-ring (bicyclic) bond motifs is 1. The Morgan fingerprint density at radius 3 is 2.05 bits per heavy atom. The van der Waals surface area contributed by atoms with Gasteiger partial charge in [-0.15, -0.1) is 0 Å². The lowest BCUT2D eigenvalue weighted by molar-refractivity contribution is -0.343. The second-order valence-corrected chi connectivity index (χ2v) is 11.7. The SMILES string of the molecule is CC(=O)OCC12C(OC(C)=O)C(OC(C)=O)CC(C)(O)C13CC(C(OC(C)=O)C2OC(=O)c1ccoc1)C(C)(C)O3. The second kappa shape index (κ2) is 10.4. The Hall–Kier alpha value is -3.45. The third kappa shape index (κ3) is 4.99. The first-order valence-corrected chi connectivity index (χ1v) is 13.3. The molecule has 2 saturated carbocycles. The highest BCUT2D eigenvalue weighted by Crippen LogP contribution is 2.68. The number of rotatable bonds is 7. The van der Waals surface area contributed by atoms with E-state index in [2.05, 4.69) is 0 Å². The highest BCUT2D eigenvalue weighted by atomic mass is 16.6. The quantitative estimate of drug-likeness (QED) is 0.366. The van der Waals surface area contributed by atoms with Gasteiger partial charge in [-0.2, -0.15) is 0 Å². The van der Waals surface area contributed by atoms with Crippen LogP contribution >= 0.6 is 0 Å². The molecular weight excluding hydrogens is 544 g/mol. The molecule has 3 fully saturated rings. The fourth-order valence-corrected chi connectivity index (χ4v) is 7.12. The van der Waals surface area contributed by atoms with E-state index < -0.39 is 89.0 Å². The summed E-state index contributed by atoms with van der Waals surface area (Å²) in [5, 5.41) is 12.2. The van der Waals surface area contributed by atoms with Crippen LogP contribution in [0.4, 0.5) is 0 Å². The summed E-state index contributed by atoms with van der Waals surface area (Å²) in [4.78, 5) is 63.1. The second-order valence-electron chi connectivity index (χ2n) is 11.7. The van der Waals surface area contributed by atoms with E-state index in [1.165, 1.54) is 26.2 Å². The van der Waals surface area contributed by atoms with E-state index in [9.17, 15) is 29.1 Å². The summed E-state index contributed by atoms with van der Waals surface area (Å²) in [6, 6.07) is 1.36. The van der Waals surface area contributed by atoms with Crippen LogP contribution in [-0.4, -0.2) is 82.8 Å². The maximum atomic E-state index is 13.5. The third-order valence-corrected chi connectivity index (χ3v) is 8.52. The van der Waals surface area contributed by atoms with Gasteiger partial charge < -0.3 is 37.9 Å². The third-order valence-electron chi connectivity index (χ3n) is 8.52. The Bertz CT molecular complexity index is 1220. The van der Waals surface area contributed by atoms with E-state index in [-0.39, 0.29) is 18.4 Å². The molecule has 1 aliphatic heterocycles. The van der Waals surface area contributed by atoms with Gasteiger partial charge in [-0.25, -0.2) is 4.79 Å². The number of ether oxygens (including phenoxy) is 6. The van der Waals surface area contributed by atoms with Crippen LogP contribution in [0.2, 0.25) is 0 Å². The number of furan rings is 1. The molecule has 8 atom stereocenters. The van der Waals surface area contributed by atoms with E-state index in [1.807, 2.05) is 0 Å². The first-order chi connectivity index (χ1) is 19.0. The number of hydrogen-bond acceptors (Lipinski definition) is 13. The minimum absolute atomic E-state index is 0.0181. The van der Waals surface area contributed by atoms with Crippen LogP contribution in [0.15, 0.2) is 23.0 Å². The van der Waals surface area contributed by atoms with Gasteiger partial charge >= 0.3 is 29.8 Å². The topological polar surface area (TPSA) is 174 Å². The highest BCUT2D eigenvalue weighted by molar-refractivity contribution is 5.89. The van der Waals surface area contributed by atoms with Gasteiger partial charge in [0, 0.05) is 40.0 Å². The molecule has 1 aromatic heterocycles. The lowest BCUT2D eigenvalue weighted by Crippen LogP contribution is -2.81. The Labute approximate surface area is 236 Å². The van der Waals surface area contributed by atoms with Crippen molar-refractivity contribution in [2.45, 2.75) is 103 Å². The van der Waals surface area contributed by atoms with Crippen LogP contribution < -0.4 is 0 Å². The summed E-state index contributed by atoms with van der Waals surface area (Å²) < 4.78 is 40.6. The molecule has 2 bridgehead atoms. The molecule has 4 rings (SSSR count). The normalized spacial score (nSPS) is 36.8. The first-order valence-electron chi connectivity index (χ1n) is 13.3. The van der Waals surface area contributed by atoms with Crippen molar-refractivity contribution >= 4 is 29.8 Å². The van der Waals surface area contributed by atoms with Gasteiger partial charge in [0.05, 0.1) is 23.0 Å². The lowest BCUT2D eigenvalue weighted by atomic mass is 9.47. The van der Waals surface area contributed by atoms with Crippen LogP contribution in [0.25, 0.3) is 0 Å². The zero-order chi connectivity index (χ0) is 30.5. The molecule has 13 nitrogen and oxygen atoms in total. The van der Waals surface area contributed by atoms with Crippen molar-refractivity contribution in [1.82, 2.24) is 0 Å². The summed E-state index contributed by atoms with van der Waals surface area (Å²) in [7, 11) is 0. The zero-order valence-corrected chi connectivity index (χ0v) is 24.1. The minimum atomic E-state index is -1.95. The average molecular weight is 581 g/mol. The molecule has 0 radical (unpaired) electrons. The monoisotopic (exact) mass is 580 g/mol. The Kier molecular flexibility index (Phi) is 7.76. The molecule has 3 aliphatic rings. The fraction of sp³-hybridized carbons (Fsp3) is 0.679. The Balaban J connectivity index is 2.07. The fourth-order valence-electron chi connectivity index (χ4n) is 7.12. The molecule has 13 heteroatoms. The van der Waals surface area contributed by atoms with Gasteiger partial charge in [0.25, 0.3) is 0 Å². The van der Waals surface area contributed by atoms with Crippen LogP contribution in [0, 0.1) is 11.3 Å². The Morgan fingerprint density at radius 2 is 1.51 bits per heavy atom. The van der Waals surface area contributed by atoms with Gasteiger partial charge in [-0.05, 0) is 33.3 Å². The summed E-state index contributed by atoms with van der Waals surface area (Å²) in [6.45, 7) is 8.91. The summed E-state index contributed by atoms with van der Waals surface area (Å²) in [5.74, 6) is -4.53. The van der Waals surface area contributed by atoms with Crippen LogP contribution in [0.1, 0.15) is 71.7 Å². The number of esters is 5. The van der Waals surface area contributed by atoms with E-state index in [4.69, 9.17) is 32.8 Å². The van der Waals surface area contributed by atoms with Crippen molar-refractivity contribution in [2.75, 3.05) is 6.61 Å². The molecule has 2 aliphatic carbocycles. The van der Waals surface area contributed by atoms with Gasteiger partial charge in [0.2, 0.25) is 0 Å². The van der Waals surface area contributed by atoms with Crippen molar-refractivity contribution < 1.29 is 61.9 Å². The molecule has 1 spiro atoms. The Morgan fingerprint density at radius 1 is 0.878 bits per heavy atom. The van der Waals surface area contributed by atoms with Gasteiger partial charge in [0.15, 0.2) is 12.2 Å². The average Bonchev–Trinajstić information content (AvgIpc) is 3.45. The molecule has 41 heavy (non-hydrogen) atoms. The summed E-state index contributed by atoms with van der Waals surface area (Å²) in [5.41, 5.74) is -6.59. The van der Waals surface area contributed by atoms with Crippen molar-refractivity contribution in [2.24, 2.45) is 11.3 Å². The van der Waals surface area contributed by atoms with E-state index in [0.29, 0.717) is 0 Å². The highest BCUT2D eigenvalue weighted by Gasteiger charge is 2.84. The predicted octanol–water partition coefficient (Wildman–Crippen LogP) is 1.87. The molecule has 1 saturated heterocycles. The van der Waals surface area contributed by atoms with Crippen molar-refractivity contribution in [3.63, 3.8) is 0 Å². The van der Waals surface area contributed by atoms with Crippen molar-refractivity contribution in [3.05, 3.63) is 24.2 Å². The molecular formula is C28H36O13. The number of aliphatic hydroxyl groups is 1. The zero-order valence-electron chi connectivity index (χ0n) is 24.1. The van der Waals surface area contributed by atoms with Gasteiger partial charge in [-0.1, -0.05) is 0 Å². The molecule has 1 aromatic rings. The summed E-state index contributed by atoms with van der Waals surface area (Å²) in [6.07, 6.45) is -3.36. The van der Waals surface area contributed by atoms with E-state index in [0.717, 1.165) is 27.0 Å². The number of carbonyl (C=O) groups is 5. The van der Waals surface area contributed by atoms with Gasteiger partial charge in [0.1, 0.15) is 36.1 Å². The first kappa shape index (κ1) is 30.5. The van der Waals surface area contributed by atoms with Crippen LogP contribution in [-0.2, 0) is 47.6 Å². The molecule has 0 aromatic carbocycles. The largest absolute Gasteiger partial charge is 0.472 e. The van der Waals surface area contributed by atoms with Crippen LogP contribution in [0.3, 0.4) is 0 Å². The minimum Gasteiger partial charge on any atom is -0.472 e. The molecule has 1 N–H and O–H groups in total. The van der Waals surface area contributed by atoms with E-state index >= 15 is 0 Å². The maximum absolute atomic E-state index is 13.5. The standard InChI is InChI=1S/C28H36O13/c1-14(29)36-13-27-22(39-17(4)32)20(37-15(2)30)11-26(7,34)28(27)10-19(25(5,6)41-28)21(38-16(3)31)23(27)40-24(33)18-8-9-35-12-18/h8-9,12,19-23,34H,10-11,13H2,1-7H3. The van der Waals surface area contributed by atoms with E-state index in [1.54, 1.807) is 13.8 Å². The summed E-state index contributed by atoms with van der Waals surface area (Å²) >= 11 is 0. The lowest BCUT2D eigenvalue weighted by Gasteiger charge is -2.65. The van der Waals surface area contributed by atoms with Gasteiger partial charge in [-0.3, -0.25) is 19.2 Å². The number of hydrogen-bond donors (Lipinski definition) is 1. The smallest absolute Gasteiger partial charge is 0.341 e. The van der Waals surface area contributed by atoms with Crippen LogP contribution in [0.5, 0.6) is 0 Å². The molecule has 226 valence electrons. The molecule has 0 amide bonds.